The van der Waals surface area contributed by atoms with Gasteiger partial charge in [0.1, 0.15) is 5.75 Å². The maximum atomic E-state index is 11.9. The van der Waals surface area contributed by atoms with Crippen molar-refractivity contribution in [3.63, 3.8) is 0 Å². The predicted octanol–water partition coefficient (Wildman–Crippen LogP) is 1.98. The third-order valence-electron chi connectivity index (χ3n) is 3.45. The second kappa shape index (κ2) is 8.14. The number of carbonyl (C=O) groups is 3. The first-order valence-corrected chi connectivity index (χ1v) is 7.78. The summed E-state index contributed by atoms with van der Waals surface area (Å²) in [5.74, 6) is -1.30. The summed E-state index contributed by atoms with van der Waals surface area (Å²) in [7, 11) is 0. The van der Waals surface area contributed by atoms with Gasteiger partial charge < -0.3 is 15.2 Å². The fourth-order valence-corrected chi connectivity index (χ4v) is 2.26. The molecule has 7 heteroatoms. The Morgan fingerprint density at radius 2 is 1.76 bits per heavy atom. The van der Waals surface area contributed by atoms with Gasteiger partial charge in [-0.25, -0.2) is 9.59 Å². The molecule has 0 bridgehead atoms. The van der Waals surface area contributed by atoms with E-state index in [-0.39, 0.29) is 12.5 Å². The van der Waals surface area contributed by atoms with E-state index >= 15 is 0 Å². The van der Waals surface area contributed by atoms with Crippen molar-refractivity contribution in [2.24, 2.45) is 11.7 Å². The van der Waals surface area contributed by atoms with Crippen molar-refractivity contribution in [1.29, 1.82) is 0 Å². The van der Waals surface area contributed by atoms with E-state index in [1.807, 2.05) is 41.7 Å². The second-order valence-electron chi connectivity index (χ2n) is 5.81. The topological polar surface area (TPSA) is 108 Å². The molecule has 25 heavy (non-hydrogen) atoms. The number of hydrogen-bond acceptors (Lipinski definition) is 5. The van der Waals surface area contributed by atoms with Crippen LogP contribution in [0.4, 0.5) is 4.79 Å². The van der Waals surface area contributed by atoms with Crippen LogP contribution in [0.1, 0.15) is 13.8 Å². The molecule has 2 aromatic rings. The molecular weight excluding hydrogens is 324 g/mol. The van der Waals surface area contributed by atoms with Crippen LogP contribution in [0.2, 0.25) is 0 Å². The molecular formula is C18H20N2O5. The first-order chi connectivity index (χ1) is 11.9. The molecule has 2 aromatic carbocycles. The number of amides is 3. The Balaban J connectivity index is 1.95. The zero-order chi connectivity index (χ0) is 18.4. The largest absolute Gasteiger partial charge is 0.482 e. The Morgan fingerprint density at radius 1 is 1.08 bits per heavy atom. The smallest absolute Gasteiger partial charge is 0.344 e. The molecule has 0 radical (unpaired) electrons. The summed E-state index contributed by atoms with van der Waals surface area (Å²) in [4.78, 5) is 34.5. The molecule has 0 spiro atoms. The fourth-order valence-electron chi connectivity index (χ4n) is 2.26. The zero-order valence-corrected chi connectivity index (χ0v) is 14.0. The minimum Gasteiger partial charge on any atom is -0.482 e. The van der Waals surface area contributed by atoms with Gasteiger partial charge in [-0.3, -0.25) is 10.1 Å². The Labute approximate surface area is 145 Å². The van der Waals surface area contributed by atoms with Crippen LogP contribution in [-0.4, -0.2) is 30.6 Å². The summed E-state index contributed by atoms with van der Waals surface area (Å²) in [5.41, 5.74) is 4.91. The zero-order valence-electron chi connectivity index (χ0n) is 14.0. The Bertz CT molecular complexity index is 788. The molecule has 0 aliphatic heterocycles. The Morgan fingerprint density at radius 3 is 2.40 bits per heavy atom. The first-order valence-electron chi connectivity index (χ1n) is 7.78. The summed E-state index contributed by atoms with van der Waals surface area (Å²) >= 11 is 0. The number of imide groups is 1. The van der Waals surface area contributed by atoms with Gasteiger partial charge in [0.2, 0.25) is 0 Å². The molecule has 0 aromatic heterocycles. The molecule has 0 saturated carbocycles. The molecule has 3 amide bonds. The molecule has 0 saturated heterocycles. The summed E-state index contributed by atoms with van der Waals surface area (Å²) in [5, 5.41) is 3.94. The van der Waals surface area contributed by atoms with Gasteiger partial charge in [0, 0.05) is 0 Å². The van der Waals surface area contributed by atoms with Crippen LogP contribution in [0.3, 0.4) is 0 Å². The van der Waals surface area contributed by atoms with Crippen molar-refractivity contribution in [2.45, 2.75) is 20.0 Å². The molecule has 2 rings (SSSR count). The maximum absolute atomic E-state index is 11.9. The number of esters is 1. The van der Waals surface area contributed by atoms with E-state index in [1.54, 1.807) is 19.9 Å². The van der Waals surface area contributed by atoms with E-state index < -0.39 is 24.0 Å². The van der Waals surface area contributed by atoms with Gasteiger partial charge in [-0.05, 0) is 28.8 Å². The lowest BCUT2D eigenvalue weighted by atomic mass is 10.1. The van der Waals surface area contributed by atoms with Crippen molar-refractivity contribution in [1.82, 2.24) is 5.32 Å². The summed E-state index contributed by atoms with van der Waals surface area (Å²) in [6.07, 6.45) is -1.12. The van der Waals surface area contributed by atoms with Crippen LogP contribution in [0.15, 0.2) is 42.5 Å². The van der Waals surface area contributed by atoms with Crippen molar-refractivity contribution in [3.8, 4) is 5.75 Å². The van der Waals surface area contributed by atoms with Crippen LogP contribution in [-0.2, 0) is 14.3 Å². The van der Waals surface area contributed by atoms with Crippen LogP contribution in [0.5, 0.6) is 5.75 Å². The highest BCUT2D eigenvalue weighted by atomic mass is 16.6. The van der Waals surface area contributed by atoms with Crippen molar-refractivity contribution in [2.75, 3.05) is 6.61 Å². The van der Waals surface area contributed by atoms with E-state index in [0.717, 1.165) is 10.8 Å². The quantitative estimate of drug-likeness (QED) is 0.779. The number of hydrogen-bond donors (Lipinski definition) is 2. The number of ether oxygens (including phenoxy) is 2. The van der Waals surface area contributed by atoms with E-state index in [4.69, 9.17) is 15.2 Å². The average Bonchev–Trinajstić information content (AvgIpc) is 2.56. The lowest BCUT2D eigenvalue weighted by Gasteiger charge is -2.19. The number of carbonyl (C=O) groups excluding carboxylic acids is 3. The molecule has 132 valence electrons. The van der Waals surface area contributed by atoms with E-state index in [0.29, 0.717) is 5.75 Å². The minimum atomic E-state index is -1.12. The van der Waals surface area contributed by atoms with Gasteiger partial charge in [-0.1, -0.05) is 44.2 Å². The third-order valence-corrected chi connectivity index (χ3v) is 3.45. The Hall–Kier alpha value is -3.09. The van der Waals surface area contributed by atoms with E-state index in [9.17, 15) is 14.4 Å². The molecule has 7 nitrogen and oxygen atoms in total. The minimum absolute atomic E-state index is 0.330. The van der Waals surface area contributed by atoms with E-state index in [1.165, 1.54) is 0 Å². The molecule has 0 unspecified atom stereocenters. The van der Waals surface area contributed by atoms with Gasteiger partial charge >= 0.3 is 12.0 Å². The summed E-state index contributed by atoms with van der Waals surface area (Å²) in [6, 6.07) is 12.2. The normalized spacial score (nSPS) is 11.8. The maximum Gasteiger partial charge on any atom is 0.344 e. The van der Waals surface area contributed by atoms with Crippen LogP contribution < -0.4 is 15.8 Å². The van der Waals surface area contributed by atoms with Crippen molar-refractivity contribution >= 4 is 28.7 Å². The molecule has 3 N–H and O–H groups in total. The number of rotatable bonds is 6. The van der Waals surface area contributed by atoms with Gasteiger partial charge in [0.05, 0.1) is 0 Å². The Kier molecular flexibility index (Phi) is 5.94. The molecule has 0 aliphatic carbocycles. The molecule has 0 fully saturated rings. The monoisotopic (exact) mass is 344 g/mol. The predicted molar refractivity (Wildman–Crippen MR) is 91.9 cm³/mol. The number of nitrogens with two attached hydrogens (primary N) is 1. The number of fused-ring (bicyclic) bond motifs is 1. The van der Waals surface area contributed by atoms with Gasteiger partial charge in [-0.2, -0.15) is 0 Å². The molecule has 0 aliphatic rings. The number of nitrogens with one attached hydrogen (secondary N) is 1. The number of urea groups is 1. The first kappa shape index (κ1) is 18.3. The number of primary amides is 1. The van der Waals surface area contributed by atoms with Crippen molar-refractivity contribution in [3.05, 3.63) is 42.5 Å². The highest BCUT2D eigenvalue weighted by molar-refractivity contribution is 5.96. The molecule has 0 heterocycles. The highest BCUT2D eigenvalue weighted by Crippen LogP contribution is 2.20. The standard InChI is InChI=1S/C18H20N2O5/c1-11(2)16(17(22)20-18(19)23)25-15(21)10-24-14-8-7-12-5-3-4-6-13(12)9-14/h3-9,11,16H,10H2,1-2H3,(H3,19,20,22,23)/t16-/m1/s1. The third kappa shape index (κ3) is 5.20. The average molecular weight is 344 g/mol. The summed E-state index contributed by atoms with van der Waals surface area (Å²) in [6.45, 7) is 3.01. The lowest BCUT2D eigenvalue weighted by molar-refractivity contribution is -0.160. The number of benzene rings is 2. The van der Waals surface area contributed by atoms with Crippen LogP contribution in [0.25, 0.3) is 10.8 Å². The fraction of sp³-hybridized carbons (Fsp3) is 0.278. The SMILES string of the molecule is CC(C)[C@@H](OC(=O)COc1ccc2ccccc2c1)C(=O)NC(N)=O. The second-order valence-corrected chi connectivity index (χ2v) is 5.81. The highest BCUT2D eigenvalue weighted by Gasteiger charge is 2.27. The van der Waals surface area contributed by atoms with Gasteiger partial charge in [0.25, 0.3) is 5.91 Å². The van der Waals surface area contributed by atoms with Crippen LogP contribution in [0, 0.1) is 5.92 Å². The molecule has 1 atom stereocenters. The lowest BCUT2D eigenvalue weighted by Crippen LogP contribution is -2.46. The summed E-state index contributed by atoms with van der Waals surface area (Å²) < 4.78 is 10.5. The van der Waals surface area contributed by atoms with Gasteiger partial charge in [0.15, 0.2) is 12.7 Å². The van der Waals surface area contributed by atoms with Crippen molar-refractivity contribution < 1.29 is 23.9 Å². The van der Waals surface area contributed by atoms with Crippen LogP contribution >= 0.6 is 0 Å². The van der Waals surface area contributed by atoms with Gasteiger partial charge in [-0.15, -0.1) is 0 Å². The van der Waals surface area contributed by atoms with E-state index in [2.05, 4.69) is 0 Å².